The van der Waals surface area contributed by atoms with E-state index in [1.54, 1.807) is 11.0 Å². The molecule has 8 heteroatoms. The van der Waals surface area contributed by atoms with Crippen molar-refractivity contribution in [3.05, 3.63) is 30.1 Å². The predicted molar refractivity (Wildman–Crippen MR) is 76.3 cm³/mol. The molecule has 1 aromatic carbocycles. The maximum Gasteiger partial charge on any atom is 0.414 e. The van der Waals surface area contributed by atoms with E-state index in [2.05, 4.69) is 5.32 Å². The Bertz CT molecular complexity index is 543. The molecule has 0 spiro atoms. The number of carbonyl (C=O) groups is 1. The van der Waals surface area contributed by atoms with E-state index < -0.39 is 24.0 Å². The Morgan fingerprint density at radius 3 is 2.57 bits per heavy atom. The number of alkyl halides is 3. The van der Waals surface area contributed by atoms with Crippen molar-refractivity contribution in [1.29, 1.82) is 0 Å². The van der Waals surface area contributed by atoms with Crippen molar-refractivity contribution in [1.82, 2.24) is 4.90 Å². The second-order valence-electron chi connectivity index (χ2n) is 5.66. The summed E-state index contributed by atoms with van der Waals surface area (Å²) in [5.41, 5.74) is 0.331. The third kappa shape index (κ3) is 5.18. The van der Waals surface area contributed by atoms with Crippen LogP contribution in [0.3, 0.4) is 0 Å². The highest BCUT2D eigenvalue weighted by Crippen LogP contribution is 2.31. The molecule has 0 bridgehead atoms. The third-order valence-corrected chi connectivity index (χ3v) is 3.89. The monoisotopic (exact) mass is 334 g/mol. The van der Waals surface area contributed by atoms with E-state index in [9.17, 15) is 27.5 Å². The number of likely N-dealkylation sites (tertiary alicyclic amines) is 1. The van der Waals surface area contributed by atoms with E-state index in [-0.39, 0.29) is 25.3 Å². The molecule has 0 aliphatic carbocycles. The van der Waals surface area contributed by atoms with Crippen LogP contribution in [-0.4, -0.2) is 47.8 Å². The number of hydrogen-bond donors (Lipinski definition) is 2. The number of carbonyl (C=O) groups excluding carboxylic acids is 1. The minimum Gasteiger partial charge on any atom is -0.383 e. The first kappa shape index (κ1) is 17.7. The van der Waals surface area contributed by atoms with Crippen molar-refractivity contribution in [2.45, 2.75) is 25.1 Å². The summed E-state index contributed by atoms with van der Waals surface area (Å²) in [5.74, 6) is -1.66. The lowest BCUT2D eigenvalue weighted by Gasteiger charge is -2.34. The maximum absolute atomic E-state index is 13.0. The summed E-state index contributed by atoms with van der Waals surface area (Å²) in [5, 5.41) is 11.8. The number of hydrogen-bond acceptors (Lipinski definition) is 3. The first-order chi connectivity index (χ1) is 10.8. The number of halogens is 4. The van der Waals surface area contributed by atoms with Gasteiger partial charge in [0.05, 0.1) is 6.54 Å². The molecule has 23 heavy (non-hydrogen) atoms. The van der Waals surface area contributed by atoms with Gasteiger partial charge in [0, 0.05) is 5.69 Å². The van der Waals surface area contributed by atoms with Crippen LogP contribution in [0.25, 0.3) is 0 Å². The fourth-order valence-electron chi connectivity index (χ4n) is 2.66. The Hall–Kier alpha value is -1.67. The summed E-state index contributed by atoms with van der Waals surface area (Å²) in [6, 6.07) is 5.46. The number of nitrogens with zero attached hydrogens (tertiary/aromatic N) is 1. The van der Waals surface area contributed by atoms with Gasteiger partial charge in [0.25, 0.3) is 0 Å². The molecule has 0 aromatic heterocycles. The molecule has 4 nitrogen and oxygen atoms in total. The Balaban J connectivity index is 1.79. The van der Waals surface area contributed by atoms with Crippen LogP contribution in [0.2, 0.25) is 0 Å². The molecular formula is C15H18F4N2O2. The largest absolute Gasteiger partial charge is 0.414 e. The Labute approximate surface area is 131 Å². The summed E-state index contributed by atoms with van der Waals surface area (Å²) < 4.78 is 50.4. The maximum atomic E-state index is 13.0. The average molecular weight is 334 g/mol. The summed E-state index contributed by atoms with van der Waals surface area (Å²) in [6.07, 6.45) is -6.57. The first-order valence-electron chi connectivity index (χ1n) is 7.28. The number of piperidine rings is 1. The van der Waals surface area contributed by atoms with Gasteiger partial charge < -0.3 is 10.4 Å². The van der Waals surface area contributed by atoms with Gasteiger partial charge in [-0.05, 0) is 50.0 Å². The van der Waals surface area contributed by atoms with Crippen molar-refractivity contribution in [3.63, 3.8) is 0 Å². The molecule has 0 radical (unpaired) electrons. The molecule has 2 N–H and O–H groups in total. The van der Waals surface area contributed by atoms with Crippen LogP contribution in [0.15, 0.2) is 24.3 Å². The molecule has 1 aliphatic heterocycles. The van der Waals surface area contributed by atoms with E-state index in [1.807, 2.05) is 0 Å². The Morgan fingerprint density at radius 1 is 1.35 bits per heavy atom. The zero-order valence-corrected chi connectivity index (χ0v) is 12.3. The van der Waals surface area contributed by atoms with Crippen molar-refractivity contribution in [2.24, 2.45) is 5.92 Å². The normalized spacial score (nSPS) is 18.7. The standard InChI is InChI=1S/C15H18F4N2O2/c16-11-2-1-3-12(8-11)20-13(22)9-21-6-4-10(5-7-21)14(23)15(17,18)19/h1-3,8,10,14,23H,4-7,9H2,(H,20,22). The fourth-order valence-corrected chi connectivity index (χ4v) is 2.66. The summed E-state index contributed by atoms with van der Waals surface area (Å²) in [6.45, 7) is 0.619. The molecule has 1 aliphatic rings. The van der Waals surface area contributed by atoms with Gasteiger partial charge in [0.2, 0.25) is 5.91 Å². The summed E-state index contributed by atoms with van der Waals surface area (Å²) >= 11 is 0. The highest BCUT2D eigenvalue weighted by molar-refractivity contribution is 5.92. The number of aliphatic hydroxyl groups is 1. The number of nitrogens with one attached hydrogen (secondary N) is 1. The van der Waals surface area contributed by atoms with E-state index in [1.165, 1.54) is 18.2 Å². The van der Waals surface area contributed by atoms with Crippen LogP contribution in [0, 0.1) is 11.7 Å². The van der Waals surface area contributed by atoms with Gasteiger partial charge in [0.1, 0.15) is 5.82 Å². The molecule has 0 saturated carbocycles. The number of anilines is 1. The van der Waals surface area contributed by atoms with Crippen LogP contribution in [0.4, 0.5) is 23.2 Å². The number of rotatable bonds is 4. The molecule has 1 atom stereocenters. The number of amides is 1. The topological polar surface area (TPSA) is 52.6 Å². The molecule has 1 aromatic rings. The van der Waals surface area contributed by atoms with E-state index in [0.29, 0.717) is 18.8 Å². The van der Waals surface area contributed by atoms with Crippen LogP contribution in [-0.2, 0) is 4.79 Å². The van der Waals surface area contributed by atoms with Crippen molar-refractivity contribution >= 4 is 11.6 Å². The fraction of sp³-hybridized carbons (Fsp3) is 0.533. The molecular weight excluding hydrogens is 316 g/mol. The van der Waals surface area contributed by atoms with E-state index in [0.717, 1.165) is 0 Å². The van der Waals surface area contributed by atoms with Crippen LogP contribution >= 0.6 is 0 Å². The molecule has 128 valence electrons. The molecule has 1 fully saturated rings. The minimum atomic E-state index is -4.61. The van der Waals surface area contributed by atoms with Gasteiger partial charge in [-0.25, -0.2) is 4.39 Å². The smallest absolute Gasteiger partial charge is 0.383 e. The lowest BCUT2D eigenvalue weighted by atomic mass is 9.91. The van der Waals surface area contributed by atoms with Crippen molar-refractivity contribution in [2.75, 3.05) is 25.0 Å². The van der Waals surface area contributed by atoms with Crippen molar-refractivity contribution < 1.29 is 27.5 Å². The van der Waals surface area contributed by atoms with Gasteiger partial charge >= 0.3 is 6.18 Å². The van der Waals surface area contributed by atoms with Crippen LogP contribution in [0.5, 0.6) is 0 Å². The lowest BCUT2D eigenvalue weighted by molar-refractivity contribution is -0.223. The third-order valence-electron chi connectivity index (χ3n) is 3.89. The number of benzene rings is 1. The SMILES string of the molecule is O=C(CN1CCC(C(O)C(F)(F)F)CC1)Nc1cccc(F)c1. The molecule has 1 heterocycles. The van der Waals surface area contributed by atoms with Gasteiger partial charge in [-0.2, -0.15) is 13.2 Å². The highest BCUT2D eigenvalue weighted by atomic mass is 19.4. The average Bonchev–Trinajstić information content (AvgIpc) is 2.46. The van der Waals surface area contributed by atoms with Crippen molar-refractivity contribution in [3.8, 4) is 0 Å². The Morgan fingerprint density at radius 2 is 2.00 bits per heavy atom. The zero-order chi connectivity index (χ0) is 17.0. The van der Waals surface area contributed by atoms with E-state index in [4.69, 9.17) is 0 Å². The van der Waals surface area contributed by atoms with Crippen LogP contribution < -0.4 is 5.32 Å². The second-order valence-corrected chi connectivity index (χ2v) is 5.66. The second kappa shape index (κ2) is 7.27. The highest BCUT2D eigenvalue weighted by Gasteiger charge is 2.44. The molecule has 1 saturated heterocycles. The minimum absolute atomic E-state index is 0.0192. The van der Waals surface area contributed by atoms with Crippen LogP contribution in [0.1, 0.15) is 12.8 Å². The molecule has 1 unspecified atom stereocenters. The zero-order valence-electron chi connectivity index (χ0n) is 12.3. The quantitative estimate of drug-likeness (QED) is 0.832. The summed E-state index contributed by atoms with van der Waals surface area (Å²) in [4.78, 5) is 13.6. The molecule has 1 amide bonds. The molecule has 2 rings (SSSR count). The summed E-state index contributed by atoms with van der Waals surface area (Å²) in [7, 11) is 0. The van der Waals surface area contributed by atoms with Gasteiger partial charge in [-0.3, -0.25) is 9.69 Å². The van der Waals surface area contributed by atoms with Gasteiger partial charge in [-0.1, -0.05) is 6.07 Å². The Kier molecular flexibility index (Phi) is 5.59. The lowest BCUT2D eigenvalue weighted by Crippen LogP contribution is -2.45. The van der Waals surface area contributed by atoms with E-state index >= 15 is 0 Å². The first-order valence-corrected chi connectivity index (χ1v) is 7.28. The van der Waals surface area contributed by atoms with Gasteiger partial charge in [0.15, 0.2) is 6.10 Å². The predicted octanol–water partition coefficient (Wildman–Crippen LogP) is 2.40. The number of aliphatic hydroxyl groups excluding tert-OH is 1. The van der Waals surface area contributed by atoms with Gasteiger partial charge in [-0.15, -0.1) is 0 Å².